The molecule has 1 aliphatic carbocycles. The zero-order valence-corrected chi connectivity index (χ0v) is 9.19. The van der Waals surface area contributed by atoms with Crippen LogP contribution in [0.4, 0.5) is 8.78 Å². The van der Waals surface area contributed by atoms with Crippen LogP contribution in [0, 0.1) is 11.3 Å². The third kappa shape index (κ3) is 2.08. The number of hydrogen-bond acceptors (Lipinski definition) is 1. The molecule has 0 aromatic rings. The second-order valence-electron chi connectivity index (χ2n) is 5.46. The van der Waals surface area contributed by atoms with Crippen LogP contribution < -0.4 is 0 Å². The molecule has 0 amide bonds. The summed E-state index contributed by atoms with van der Waals surface area (Å²) in [7, 11) is 0. The van der Waals surface area contributed by atoms with Gasteiger partial charge in [-0.3, -0.25) is 0 Å². The zero-order valence-electron chi connectivity index (χ0n) is 9.19. The van der Waals surface area contributed by atoms with Crippen molar-refractivity contribution in [3.8, 4) is 0 Å². The summed E-state index contributed by atoms with van der Waals surface area (Å²) in [5, 5.41) is 9.99. The quantitative estimate of drug-likeness (QED) is 0.698. The second kappa shape index (κ2) is 3.76. The molecule has 0 saturated heterocycles. The van der Waals surface area contributed by atoms with E-state index in [1.54, 1.807) is 0 Å². The lowest BCUT2D eigenvalue weighted by Gasteiger charge is -2.46. The minimum absolute atomic E-state index is 0.243. The van der Waals surface area contributed by atoms with Gasteiger partial charge in [0.2, 0.25) is 0 Å². The van der Waals surface area contributed by atoms with Crippen LogP contribution in [0.5, 0.6) is 0 Å². The summed E-state index contributed by atoms with van der Waals surface area (Å²) in [5.41, 5.74) is -2.00. The molecule has 1 fully saturated rings. The van der Waals surface area contributed by atoms with Gasteiger partial charge in [-0.2, -0.15) is 0 Å². The standard InChI is InChI=1S/C11H20F2O/c1-10(2,3)8-6-4-5-7-11(8,14)9(12)13/h8-9,14H,4-7H2,1-3H3. The van der Waals surface area contributed by atoms with E-state index in [1.807, 2.05) is 20.8 Å². The maximum atomic E-state index is 12.8. The van der Waals surface area contributed by atoms with Gasteiger partial charge in [-0.25, -0.2) is 8.78 Å². The highest BCUT2D eigenvalue weighted by Crippen LogP contribution is 2.46. The van der Waals surface area contributed by atoms with Crippen molar-refractivity contribution in [1.82, 2.24) is 0 Å². The van der Waals surface area contributed by atoms with Crippen LogP contribution in [-0.4, -0.2) is 17.1 Å². The van der Waals surface area contributed by atoms with Crippen molar-refractivity contribution in [3.63, 3.8) is 0 Å². The zero-order chi connectivity index (χ0) is 11.0. The van der Waals surface area contributed by atoms with Gasteiger partial charge in [-0.1, -0.05) is 33.6 Å². The van der Waals surface area contributed by atoms with Crippen molar-refractivity contribution in [2.75, 3.05) is 0 Å². The maximum absolute atomic E-state index is 12.8. The van der Waals surface area contributed by atoms with Gasteiger partial charge in [0.25, 0.3) is 6.43 Å². The Morgan fingerprint density at radius 2 is 1.86 bits per heavy atom. The third-order valence-electron chi connectivity index (χ3n) is 3.35. The Hall–Kier alpha value is -0.180. The highest BCUT2D eigenvalue weighted by Gasteiger charge is 2.50. The molecule has 1 nitrogen and oxygen atoms in total. The molecule has 0 heterocycles. The topological polar surface area (TPSA) is 20.2 Å². The highest BCUT2D eigenvalue weighted by atomic mass is 19.3. The highest BCUT2D eigenvalue weighted by molar-refractivity contribution is 4.97. The Labute approximate surface area is 84.5 Å². The van der Waals surface area contributed by atoms with Crippen LogP contribution in [0.2, 0.25) is 0 Å². The Morgan fingerprint density at radius 1 is 1.29 bits per heavy atom. The first kappa shape index (κ1) is 11.9. The summed E-state index contributed by atoms with van der Waals surface area (Å²) in [4.78, 5) is 0. The van der Waals surface area contributed by atoms with Crippen molar-refractivity contribution >= 4 is 0 Å². The summed E-state index contributed by atoms with van der Waals surface area (Å²) in [6.07, 6.45) is 0.00782. The largest absolute Gasteiger partial charge is 0.384 e. The molecule has 1 saturated carbocycles. The molecule has 0 aromatic carbocycles. The lowest BCUT2D eigenvalue weighted by Crippen LogP contribution is -2.51. The van der Waals surface area contributed by atoms with Gasteiger partial charge in [0.15, 0.2) is 0 Å². The van der Waals surface area contributed by atoms with Crippen LogP contribution in [0.3, 0.4) is 0 Å². The number of hydrogen-bond donors (Lipinski definition) is 1. The molecular formula is C11H20F2O. The summed E-state index contributed by atoms with van der Waals surface area (Å²) in [5.74, 6) is -0.288. The first-order valence-corrected chi connectivity index (χ1v) is 5.29. The second-order valence-corrected chi connectivity index (χ2v) is 5.46. The summed E-state index contributed by atoms with van der Waals surface area (Å²) in [6, 6.07) is 0. The van der Waals surface area contributed by atoms with E-state index in [9.17, 15) is 13.9 Å². The van der Waals surface area contributed by atoms with Crippen LogP contribution in [-0.2, 0) is 0 Å². The normalized spacial score (nSPS) is 34.9. The minimum atomic E-state index is -2.62. The molecule has 0 aliphatic heterocycles. The van der Waals surface area contributed by atoms with Crippen molar-refractivity contribution in [2.45, 2.75) is 58.5 Å². The fraction of sp³-hybridized carbons (Fsp3) is 1.00. The molecule has 1 rings (SSSR count). The molecule has 2 unspecified atom stereocenters. The molecule has 0 aromatic heterocycles. The molecular weight excluding hydrogens is 186 g/mol. The third-order valence-corrected chi connectivity index (χ3v) is 3.35. The van der Waals surface area contributed by atoms with Gasteiger partial charge in [0.05, 0.1) is 0 Å². The average Bonchev–Trinajstić information content (AvgIpc) is 2.02. The van der Waals surface area contributed by atoms with Crippen molar-refractivity contribution in [3.05, 3.63) is 0 Å². The molecule has 84 valence electrons. The number of halogens is 2. The van der Waals surface area contributed by atoms with Gasteiger partial charge in [0, 0.05) is 0 Å². The van der Waals surface area contributed by atoms with Crippen LogP contribution in [0.25, 0.3) is 0 Å². The van der Waals surface area contributed by atoms with E-state index in [2.05, 4.69) is 0 Å². The summed E-state index contributed by atoms with van der Waals surface area (Å²) < 4.78 is 25.7. The number of aliphatic hydroxyl groups is 1. The first-order valence-electron chi connectivity index (χ1n) is 5.29. The minimum Gasteiger partial charge on any atom is -0.384 e. The van der Waals surface area contributed by atoms with Crippen LogP contribution in [0.15, 0.2) is 0 Å². The van der Waals surface area contributed by atoms with Gasteiger partial charge < -0.3 is 5.11 Å². The Morgan fingerprint density at radius 3 is 2.21 bits per heavy atom. The molecule has 0 spiro atoms. The fourth-order valence-corrected chi connectivity index (χ4v) is 2.62. The lowest BCUT2D eigenvalue weighted by molar-refractivity contribution is -0.174. The van der Waals surface area contributed by atoms with Crippen LogP contribution >= 0.6 is 0 Å². The number of rotatable bonds is 1. The van der Waals surface area contributed by atoms with Crippen molar-refractivity contribution in [2.24, 2.45) is 11.3 Å². The summed E-state index contributed by atoms with van der Waals surface area (Å²) >= 11 is 0. The molecule has 0 bridgehead atoms. The van der Waals surface area contributed by atoms with E-state index in [4.69, 9.17) is 0 Å². The van der Waals surface area contributed by atoms with Gasteiger partial charge in [-0.15, -0.1) is 0 Å². The Balaban J connectivity index is 2.89. The Bertz CT molecular complexity index is 198. The molecule has 2 atom stereocenters. The SMILES string of the molecule is CC(C)(C)C1CCCCC1(O)C(F)F. The van der Waals surface area contributed by atoms with E-state index >= 15 is 0 Å². The van der Waals surface area contributed by atoms with E-state index in [0.29, 0.717) is 12.8 Å². The Kier molecular flexibility index (Phi) is 3.20. The van der Waals surface area contributed by atoms with Gasteiger partial charge in [-0.05, 0) is 24.2 Å². The predicted octanol–water partition coefficient (Wildman–Crippen LogP) is 3.22. The average molecular weight is 206 g/mol. The van der Waals surface area contributed by atoms with Crippen molar-refractivity contribution in [1.29, 1.82) is 0 Å². The van der Waals surface area contributed by atoms with Gasteiger partial charge in [0.1, 0.15) is 5.60 Å². The maximum Gasteiger partial charge on any atom is 0.267 e. The van der Waals surface area contributed by atoms with E-state index < -0.39 is 12.0 Å². The van der Waals surface area contributed by atoms with Crippen LogP contribution in [0.1, 0.15) is 46.5 Å². The summed E-state index contributed by atoms with van der Waals surface area (Å²) in [6.45, 7) is 5.78. The monoisotopic (exact) mass is 206 g/mol. The fourth-order valence-electron chi connectivity index (χ4n) is 2.62. The predicted molar refractivity (Wildman–Crippen MR) is 52.4 cm³/mol. The smallest absolute Gasteiger partial charge is 0.267 e. The molecule has 14 heavy (non-hydrogen) atoms. The van der Waals surface area contributed by atoms with Gasteiger partial charge >= 0.3 is 0 Å². The molecule has 1 N–H and O–H groups in total. The first-order chi connectivity index (χ1) is 6.28. The van der Waals surface area contributed by atoms with E-state index in [0.717, 1.165) is 6.42 Å². The lowest BCUT2D eigenvalue weighted by atomic mass is 9.64. The molecule has 1 aliphatic rings. The van der Waals surface area contributed by atoms with E-state index in [1.165, 1.54) is 0 Å². The van der Waals surface area contributed by atoms with E-state index in [-0.39, 0.29) is 17.8 Å². The van der Waals surface area contributed by atoms with Crippen molar-refractivity contribution < 1.29 is 13.9 Å². The molecule has 0 radical (unpaired) electrons. The number of alkyl halides is 2. The molecule has 3 heteroatoms.